The van der Waals surface area contributed by atoms with Crippen molar-refractivity contribution in [1.29, 1.82) is 0 Å². The van der Waals surface area contributed by atoms with E-state index in [4.69, 9.17) is 24.5 Å². The predicted octanol–water partition coefficient (Wildman–Crippen LogP) is 2.66. The molecule has 38 heavy (non-hydrogen) atoms. The van der Waals surface area contributed by atoms with E-state index in [0.717, 1.165) is 51.1 Å². The van der Waals surface area contributed by atoms with Crippen LogP contribution in [0.5, 0.6) is 0 Å². The van der Waals surface area contributed by atoms with E-state index >= 15 is 0 Å². The van der Waals surface area contributed by atoms with Gasteiger partial charge in [0.1, 0.15) is 5.51 Å². The summed E-state index contributed by atoms with van der Waals surface area (Å²) in [6, 6.07) is 0. The standard InChI is InChI=1S/C16H24N6OS.2C2HF3O2/c1-20-8-14(7-18-20)9-21-4-2-3-16(10-21)11-22(5-6-23-12-16)15-19-17-13-24-15;2*3-2(4,5)1(6)7/h7-8,13H,2-6,9-12H2,1H3;2*(H,6,7). The van der Waals surface area contributed by atoms with Crippen LogP contribution in [0, 0.1) is 5.41 Å². The van der Waals surface area contributed by atoms with Crippen molar-refractivity contribution in [2.45, 2.75) is 31.7 Å². The summed E-state index contributed by atoms with van der Waals surface area (Å²) in [5.41, 5.74) is 3.27. The highest BCUT2D eigenvalue weighted by Crippen LogP contribution is 2.35. The number of aryl methyl sites for hydroxylation is 1. The molecule has 0 saturated carbocycles. The summed E-state index contributed by atoms with van der Waals surface area (Å²) in [7, 11) is 1.97. The molecule has 2 N–H and O–H groups in total. The minimum absolute atomic E-state index is 0.183. The van der Waals surface area contributed by atoms with Gasteiger partial charge in [-0.3, -0.25) is 9.58 Å². The Balaban J connectivity index is 0.000000301. The van der Waals surface area contributed by atoms with Crippen LogP contribution in [0.25, 0.3) is 0 Å². The van der Waals surface area contributed by atoms with Gasteiger partial charge in [-0.25, -0.2) is 9.59 Å². The minimum Gasteiger partial charge on any atom is -0.475 e. The SMILES string of the molecule is Cn1cc(CN2CCCC3(COCCN(c4nncs4)C3)C2)cn1.O=C(O)C(F)(F)F.O=C(O)C(F)(F)F. The van der Waals surface area contributed by atoms with Crippen LogP contribution in [0.15, 0.2) is 17.9 Å². The van der Waals surface area contributed by atoms with E-state index in [2.05, 4.69) is 31.3 Å². The van der Waals surface area contributed by atoms with E-state index in [1.165, 1.54) is 18.4 Å². The van der Waals surface area contributed by atoms with Crippen LogP contribution < -0.4 is 4.90 Å². The molecule has 2 saturated heterocycles. The third kappa shape index (κ3) is 10.1. The summed E-state index contributed by atoms with van der Waals surface area (Å²) in [5, 5.41) is 27.8. The van der Waals surface area contributed by atoms with Crippen LogP contribution in [0.1, 0.15) is 18.4 Å². The van der Waals surface area contributed by atoms with Gasteiger partial charge < -0.3 is 19.8 Å². The predicted molar refractivity (Wildman–Crippen MR) is 120 cm³/mol. The van der Waals surface area contributed by atoms with Gasteiger partial charge in [-0.15, -0.1) is 10.2 Å². The van der Waals surface area contributed by atoms with E-state index in [9.17, 15) is 26.3 Å². The number of carboxylic acid groups (broad SMARTS) is 2. The quantitative estimate of drug-likeness (QED) is 0.526. The summed E-state index contributed by atoms with van der Waals surface area (Å²) >= 11 is 1.62. The Hall–Kier alpha value is -2.99. The Kier molecular flexibility index (Phi) is 10.8. The topological polar surface area (TPSA) is 134 Å². The van der Waals surface area contributed by atoms with Gasteiger partial charge in [0.05, 0.1) is 19.4 Å². The first-order valence-electron chi connectivity index (χ1n) is 11.0. The number of hydrogen-bond acceptors (Lipinski definition) is 9. The molecule has 4 heterocycles. The molecule has 0 aromatic carbocycles. The van der Waals surface area contributed by atoms with Crippen molar-refractivity contribution in [2.24, 2.45) is 12.5 Å². The molecule has 0 aliphatic carbocycles. The van der Waals surface area contributed by atoms with Crippen molar-refractivity contribution in [3.63, 3.8) is 0 Å². The molecular weight excluding hydrogens is 550 g/mol. The zero-order valence-corrected chi connectivity index (χ0v) is 20.9. The third-order valence-electron chi connectivity index (χ3n) is 5.45. The lowest BCUT2D eigenvalue weighted by Crippen LogP contribution is -2.50. The molecule has 2 fully saturated rings. The number of carboxylic acids is 2. The van der Waals surface area contributed by atoms with Gasteiger partial charge in [0.2, 0.25) is 5.13 Å². The fourth-order valence-corrected chi connectivity index (χ4v) is 4.55. The molecule has 4 rings (SSSR count). The van der Waals surface area contributed by atoms with Crippen molar-refractivity contribution in [1.82, 2.24) is 24.9 Å². The number of aromatic nitrogens is 4. The maximum atomic E-state index is 10.6. The van der Waals surface area contributed by atoms with E-state index in [1.807, 2.05) is 23.4 Å². The molecule has 0 amide bonds. The fraction of sp³-hybridized carbons (Fsp3) is 0.650. The van der Waals surface area contributed by atoms with Gasteiger partial charge in [-0.1, -0.05) is 11.3 Å². The number of alkyl halides is 6. The Morgan fingerprint density at radius 1 is 1.11 bits per heavy atom. The summed E-state index contributed by atoms with van der Waals surface area (Å²) in [6.45, 7) is 6.70. The molecule has 0 bridgehead atoms. The summed E-state index contributed by atoms with van der Waals surface area (Å²) in [6.07, 6.45) is -3.66. The van der Waals surface area contributed by atoms with Gasteiger partial charge >= 0.3 is 24.3 Å². The molecule has 2 aliphatic heterocycles. The number of hydrogen-bond donors (Lipinski definition) is 2. The van der Waals surface area contributed by atoms with Crippen LogP contribution >= 0.6 is 11.3 Å². The zero-order chi connectivity index (χ0) is 28.6. The zero-order valence-electron chi connectivity index (χ0n) is 20.1. The van der Waals surface area contributed by atoms with Crippen LogP contribution in [0.3, 0.4) is 0 Å². The van der Waals surface area contributed by atoms with Crippen LogP contribution in [-0.2, 0) is 27.9 Å². The number of piperidine rings is 1. The first-order chi connectivity index (χ1) is 17.6. The lowest BCUT2D eigenvalue weighted by molar-refractivity contribution is -0.193. The Morgan fingerprint density at radius 3 is 2.24 bits per heavy atom. The van der Waals surface area contributed by atoms with Gasteiger partial charge in [0, 0.05) is 50.4 Å². The lowest BCUT2D eigenvalue weighted by atomic mass is 9.80. The third-order valence-corrected chi connectivity index (χ3v) is 6.20. The number of nitrogens with zero attached hydrogens (tertiary/aromatic N) is 6. The molecular formula is C20H26F6N6O5S. The molecule has 2 aromatic heterocycles. The summed E-state index contributed by atoms with van der Waals surface area (Å²) in [4.78, 5) is 22.7. The number of likely N-dealkylation sites (tertiary alicyclic amines) is 1. The van der Waals surface area contributed by atoms with Crippen molar-refractivity contribution in [2.75, 3.05) is 44.3 Å². The van der Waals surface area contributed by atoms with Crippen LogP contribution in [0.2, 0.25) is 0 Å². The van der Waals surface area contributed by atoms with Crippen LogP contribution in [0.4, 0.5) is 31.5 Å². The average Bonchev–Trinajstić information content (AvgIpc) is 3.44. The monoisotopic (exact) mass is 576 g/mol. The van der Waals surface area contributed by atoms with E-state index in [0.29, 0.717) is 0 Å². The Bertz CT molecular complexity index is 1010. The van der Waals surface area contributed by atoms with Gasteiger partial charge in [0.15, 0.2) is 0 Å². The van der Waals surface area contributed by atoms with Crippen molar-refractivity contribution in [3.05, 3.63) is 23.5 Å². The number of ether oxygens (including phenoxy) is 1. The number of halogens is 6. The van der Waals surface area contributed by atoms with Gasteiger partial charge in [-0.2, -0.15) is 31.4 Å². The highest BCUT2D eigenvalue weighted by molar-refractivity contribution is 7.13. The second kappa shape index (κ2) is 13.2. The number of anilines is 1. The van der Waals surface area contributed by atoms with Crippen molar-refractivity contribution < 1.29 is 50.9 Å². The number of carbonyl (C=O) groups is 2. The molecule has 1 spiro atoms. The molecule has 2 aliphatic rings. The summed E-state index contributed by atoms with van der Waals surface area (Å²) in [5.74, 6) is -5.51. The first-order valence-corrected chi connectivity index (χ1v) is 11.9. The molecule has 1 unspecified atom stereocenters. The highest BCUT2D eigenvalue weighted by Gasteiger charge is 2.40. The second-order valence-electron chi connectivity index (χ2n) is 8.64. The first kappa shape index (κ1) is 31.2. The second-order valence-corrected chi connectivity index (χ2v) is 9.45. The van der Waals surface area contributed by atoms with E-state index in [1.54, 1.807) is 11.3 Å². The number of rotatable bonds is 3. The molecule has 2 aromatic rings. The highest BCUT2D eigenvalue weighted by atomic mass is 32.1. The molecule has 214 valence electrons. The minimum atomic E-state index is -5.08. The van der Waals surface area contributed by atoms with Gasteiger partial charge in [-0.05, 0) is 19.4 Å². The largest absolute Gasteiger partial charge is 0.490 e. The maximum absolute atomic E-state index is 10.6. The van der Waals surface area contributed by atoms with Crippen molar-refractivity contribution >= 4 is 28.4 Å². The smallest absolute Gasteiger partial charge is 0.475 e. The fourth-order valence-electron chi connectivity index (χ4n) is 3.96. The molecule has 18 heteroatoms. The molecule has 1 atom stereocenters. The Labute approximate surface area is 216 Å². The number of aliphatic carboxylic acids is 2. The molecule has 0 radical (unpaired) electrons. The summed E-state index contributed by atoms with van der Waals surface area (Å²) < 4.78 is 71.3. The Morgan fingerprint density at radius 2 is 1.74 bits per heavy atom. The maximum Gasteiger partial charge on any atom is 0.490 e. The van der Waals surface area contributed by atoms with E-state index < -0.39 is 24.3 Å². The lowest BCUT2D eigenvalue weighted by Gasteiger charge is -2.43. The van der Waals surface area contributed by atoms with Crippen LogP contribution in [-0.4, -0.2) is 98.8 Å². The molecule has 11 nitrogen and oxygen atoms in total. The van der Waals surface area contributed by atoms with Gasteiger partial charge in [0.25, 0.3) is 0 Å². The van der Waals surface area contributed by atoms with E-state index in [-0.39, 0.29) is 5.41 Å². The van der Waals surface area contributed by atoms with Crippen molar-refractivity contribution in [3.8, 4) is 0 Å². The normalized spacial score (nSPS) is 20.6. The average molecular weight is 577 g/mol.